The lowest BCUT2D eigenvalue weighted by Crippen LogP contribution is -2.74. The molecule has 0 amide bonds. The predicted octanol–water partition coefficient (Wildman–Crippen LogP) is 0.503. The van der Waals surface area contributed by atoms with Gasteiger partial charge in [0.1, 0.15) is 36.8 Å². The van der Waals surface area contributed by atoms with Gasteiger partial charge in [-0.2, -0.15) is 0 Å². The van der Waals surface area contributed by atoms with E-state index in [2.05, 4.69) is 27.4 Å². The summed E-state index contributed by atoms with van der Waals surface area (Å²) in [5.41, 5.74) is -0.795. The predicted molar refractivity (Wildman–Crippen MR) is 191 cm³/mol. The molecule has 14 heteroatoms. The summed E-state index contributed by atoms with van der Waals surface area (Å²) in [5, 5.41) is 84.2. The van der Waals surface area contributed by atoms with Crippen LogP contribution in [-0.4, -0.2) is 152 Å². The molecule has 15 unspecified atom stereocenters. The van der Waals surface area contributed by atoms with Crippen LogP contribution < -0.4 is 0 Å². The van der Waals surface area contributed by atoms with Crippen LogP contribution in [0.1, 0.15) is 91.9 Å². The highest BCUT2D eigenvalue weighted by atomic mass is 16.7. The summed E-state index contributed by atoms with van der Waals surface area (Å²) in [6, 6.07) is 0. The van der Waals surface area contributed by atoms with E-state index in [1.54, 1.807) is 0 Å². The number of fused-ring (bicyclic) bond motifs is 5. The first-order valence-electron chi connectivity index (χ1n) is 20.2. The van der Waals surface area contributed by atoms with E-state index in [4.69, 9.17) is 23.7 Å². The molecule has 8 aliphatic rings. The van der Waals surface area contributed by atoms with Crippen LogP contribution in [0.3, 0.4) is 0 Å². The number of carbonyl (C=O) groups is 1. The number of hydrogen-bond donors (Lipinski definition) is 8. The topological polar surface area (TPSA) is 225 Å². The maximum absolute atomic E-state index is 12.7. The minimum atomic E-state index is -1.66. The normalized spacial score (nSPS) is 52.4. The Balaban J connectivity index is 1.26. The number of ether oxygens (including phenoxy) is 5. The van der Waals surface area contributed by atoms with Crippen LogP contribution in [0.25, 0.3) is 0 Å². The number of hydrogen-bond acceptors (Lipinski definition) is 14. The molecule has 0 radical (unpaired) electrons. The van der Waals surface area contributed by atoms with E-state index in [1.807, 2.05) is 0 Å². The van der Waals surface area contributed by atoms with Gasteiger partial charge in [0.25, 0.3) is 0 Å². The summed E-state index contributed by atoms with van der Waals surface area (Å²) in [4.78, 5) is 12.7. The summed E-state index contributed by atoms with van der Waals surface area (Å²) in [7, 11) is 0. The van der Waals surface area contributed by atoms with Crippen molar-refractivity contribution < 1.29 is 69.3 Å². The van der Waals surface area contributed by atoms with Gasteiger partial charge in [-0.15, -0.1) is 0 Å². The van der Waals surface area contributed by atoms with Crippen LogP contribution in [0.15, 0.2) is 12.2 Å². The average molecular weight is 769 g/mol. The molecule has 14 nitrogen and oxygen atoms in total. The molecule has 0 aromatic rings. The average Bonchev–Trinajstić information content (AvgIpc) is 3.34. The van der Waals surface area contributed by atoms with E-state index in [0.29, 0.717) is 6.42 Å². The van der Waals surface area contributed by atoms with Gasteiger partial charge in [-0.25, -0.2) is 0 Å². The lowest BCUT2D eigenvalue weighted by Gasteiger charge is -2.67. The zero-order valence-electron chi connectivity index (χ0n) is 32.1. The SMILES string of the molecule is C=C1C[C@@]23CC[C@H]4[C@@](C)(CCC[C@@]4(C)C=O)[C@@H]2CC[C@@]1(C)OC3C1OC(CO)C2C(CC(O)C(O)C(O)C(C)O)OC2C1OC1OC(CO)CC(O)C1O. The van der Waals surface area contributed by atoms with Crippen molar-refractivity contribution in [1.29, 1.82) is 0 Å². The maximum atomic E-state index is 12.7. The summed E-state index contributed by atoms with van der Waals surface area (Å²) in [6.07, 6.45) is -8.00. The summed E-state index contributed by atoms with van der Waals surface area (Å²) in [5.74, 6) is -0.247. The standard InChI is InChI=1S/C40H64O14/c1-19-15-40-12-8-26-37(3,18-43)9-6-10-38(26,4)27(40)7-11-39(19,5)54-35(40)34-33(53-36-31(49)22(45)13-21(16-41)50-36)32-28(25(17-42)52-34)24(51-32)14-23(46)30(48)29(47)20(2)44/h18,20-36,41-42,44-49H,1,6-17H2,2-5H3/t20?,21?,22?,23?,24?,25?,26-,27+,28?,29?,30?,31?,32?,33?,34?,35?,36?,37+,38-,39-,40+/m1/s1. The third-order valence-corrected chi connectivity index (χ3v) is 15.6. The fraction of sp³-hybridized carbons (Fsp3) is 0.925. The lowest BCUT2D eigenvalue weighted by molar-refractivity contribution is -0.386. The van der Waals surface area contributed by atoms with Crippen LogP contribution in [0, 0.1) is 34.0 Å². The highest BCUT2D eigenvalue weighted by Gasteiger charge is 2.71. The molecular formula is C40H64O14. The Labute approximate surface area is 317 Å². The minimum Gasteiger partial charge on any atom is -0.394 e. The molecule has 54 heavy (non-hydrogen) atoms. The molecule has 5 aliphatic heterocycles. The quantitative estimate of drug-likeness (QED) is 0.106. The Morgan fingerprint density at radius 3 is 2.28 bits per heavy atom. The summed E-state index contributed by atoms with van der Waals surface area (Å²) in [6.45, 7) is 11.6. The molecule has 8 rings (SSSR count). The first kappa shape index (κ1) is 41.1. The Kier molecular flexibility index (Phi) is 11.3. The fourth-order valence-electron chi connectivity index (χ4n) is 12.6. The zero-order valence-corrected chi connectivity index (χ0v) is 32.1. The van der Waals surface area contributed by atoms with E-state index in [-0.39, 0.29) is 30.1 Å². The van der Waals surface area contributed by atoms with Crippen molar-refractivity contribution in [3.8, 4) is 0 Å². The second kappa shape index (κ2) is 14.9. The van der Waals surface area contributed by atoms with Gasteiger partial charge in [-0.1, -0.05) is 26.8 Å². The largest absolute Gasteiger partial charge is 0.394 e. The second-order valence-corrected chi connectivity index (χ2v) is 18.7. The van der Waals surface area contributed by atoms with Gasteiger partial charge in [0.05, 0.1) is 67.6 Å². The van der Waals surface area contributed by atoms with Crippen molar-refractivity contribution in [2.45, 2.75) is 183 Å². The molecule has 8 fully saturated rings. The van der Waals surface area contributed by atoms with Crippen molar-refractivity contribution in [3.05, 3.63) is 12.2 Å². The number of aliphatic hydroxyl groups is 8. The van der Waals surface area contributed by atoms with Crippen LogP contribution >= 0.6 is 0 Å². The van der Waals surface area contributed by atoms with Crippen LogP contribution in [0.2, 0.25) is 0 Å². The van der Waals surface area contributed by atoms with Gasteiger partial charge >= 0.3 is 0 Å². The Morgan fingerprint density at radius 1 is 0.907 bits per heavy atom. The van der Waals surface area contributed by atoms with Gasteiger partial charge in [0.15, 0.2) is 6.29 Å². The van der Waals surface area contributed by atoms with Gasteiger partial charge in [-0.3, -0.25) is 0 Å². The van der Waals surface area contributed by atoms with Crippen molar-refractivity contribution in [2.75, 3.05) is 13.2 Å². The Morgan fingerprint density at radius 2 is 1.61 bits per heavy atom. The molecule has 8 N–H and O–H groups in total. The van der Waals surface area contributed by atoms with E-state index in [9.17, 15) is 45.6 Å². The number of rotatable bonds is 11. The Hall–Kier alpha value is -1.11. The second-order valence-electron chi connectivity index (χ2n) is 18.7. The van der Waals surface area contributed by atoms with Gasteiger partial charge in [0.2, 0.25) is 0 Å². The molecule has 0 aromatic heterocycles. The van der Waals surface area contributed by atoms with Gasteiger partial charge in [-0.05, 0) is 81.6 Å². The van der Waals surface area contributed by atoms with Crippen molar-refractivity contribution in [2.24, 2.45) is 34.0 Å². The van der Waals surface area contributed by atoms with E-state index < -0.39 is 121 Å². The van der Waals surface area contributed by atoms with E-state index in [0.717, 1.165) is 50.5 Å². The fourth-order valence-corrected chi connectivity index (χ4v) is 12.6. The van der Waals surface area contributed by atoms with Crippen molar-refractivity contribution in [1.82, 2.24) is 0 Å². The number of carbonyl (C=O) groups excluding carboxylic acids is 1. The van der Waals surface area contributed by atoms with Gasteiger partial charge in [0, 0.05) is 29.6 Å². The molecule has 0 aromatic carbocycles. The molecule has 5 saturated heterocycles. The molecule has 21 atom stereocenters. The summed E-state index contributed by atoms with van der Waals surface area (Å²) < 4.78 is 33.3. The van der Waals surface area contributed by atoms with Gasteiger partial charge < -0.3 is 69.3 Å². The van der Waals surface area contributed by atoms with E-state index >= 15 is 0 Å². The first-order chi connectivity index (χ1) is 25.5. The molecular weight excluding hydrogens is 704 g/mol. The third kappa shape index (κ3) is 6.47. The van der Waals surface area contributed by atoms with E-state index in [1.165, 1.54) is 13.2 Å². The minimum absolute atomic E-state index is 0.00824. The molecule has 1 spiro atoms. The van der Waals surface area contributed by atoms with Crippen LogP contribution in [0.5, 0.6) is 0 Å². The molecule has 3 aliphatic carbocycles. The third-order valence-electron chi connectivity index (χ3n) is 15.6. The zero-order chi connectivity index (χ0) is 39.1. The molecule has 3 saturated carbocycles. The monoisotopic (exact) mass is 768 g/mol. The lowest BCUT2D eigenvalue weighted by atomic mass is 9.41. The molecule has 2 bridgehead atoms. The first-order valence-corrected chi connectivity index (χ1v) is 20.2. The van der Waals surface area contributed by atoms with Crippen molar-refractivity contribution in [3.63, 3.8) is 0 Å². The summed E-state index contributed by atoms with van der Waals surface area (Å²) >= 11 is 0. The molecule has 308 valence electrons. The smallest absolute Gasteiger partial charge is 0.186 e. The van der Waals surface area contributed by atoms with Crippen LogP contribution in [0.4, 0.5) is 0 Å². The number of aldehydes is 1. The molecule has 5 heterocycles. The Bertz CT molecular complexity index is 1380. The maximum Gasteiger partial charge on any atom is 0.186 e. The van der Waals surface area contributed by atoms with Crippen LogP contribution in [-0.2, 0) is 28.5 Å². The highest BCUT2D eigenvalue weighted by molar-refractivity contribution is 5.60. The van der Waals surface area contributed by atoms with Crippen molar-refractivity contribution >= 4 is 6.29 Å². The number of aliphatic hydroxyl groups excluding tert-OH is 8. The highest BCUT2D eigenvalue weighted by Crippen LogP contribution is 2.71.